The first-order valence-electron chi connectivity index (χ1n) is 5.09. The Morgan fingerprint density at radius 1 is 1.47 bits per heavy atom. The van der Waals surface area contributed by atoms with Gasteiger partial charge < -0.3 is 4.74 Å². The van der Waals surface area contributed by atoms with E-state index < -0.39 is 29.2 Å². The molecule has 0 aromatic heterocycles. The molecule has 0 unspecified atom stereocenters. The van der Waals surface area contributed by atoms with E-state index in [-0.39, 0.29) is 17.5 Å². The van der Waals surface area contributed by atoms with Gasteiger partial charge in [-0.1, -0.05) is 6.07 Å². The van der Waals surface area contributed by atoms with Crippen molar-refractivity contribution in [2.75, 3.05) is 7.11 Å². The fourth-order valence-corrected chi connectivity index (χ4v) is 1.85. The SMILES string of the molecule is COC(=O)Cc1cc(C#N)c(C(F)(F)F)c(CCl)c1. The Morgan fingerprint density at radius 2 is 2.11 bits per heavy atom. The predicted octanol–water partition coefficient (Wildman–Crippen LogP) is 3.03. The van der Waals surface area contributed by atoms with Crippen LogP contribution in [-0.4, -0.2) is 13.1 Å². The predicted molar refractivity (Wildman–Crippen MR) is 61.4 cm³/mol. The highest BCUT2D eigenvalue weighted by Gasteiger charge is 2.36. The van der Waals surface area contributed by atoms with Gasteiger partial charge in [0.15, 0.2) is 0 Å². The van der Waals surface area contributed by atoms with E-state index in [2.05, 4.69) is 4.74 Å². The molecule has 0 saturated carbocycles. The molecule has 0 heterocycles. The highest BCUT2D eigenvalue weighted by molar-refractivity contribution is 6.17. The van der Waals surface area contributed by atoms with Gasteiger partial charge in [0, 0.05) is 5.88 Å². The van der Waals surface area contributed by atoms with Crippen molar-refractivity contribution in [2.45, 2.75) is 18.5 Å². The number of benzene rings is 1. The summed E-state index contributed by atoms with van der Waals surface area (Å²) in [4.78, 5) is 11.1. The van der Waals surface area contributed by atoms with Gasteiger partial charge in [-0.15, -0.1) is 11.6 Å². The van der Waals surface area contributed by atoms with Crippen molar-refractivity contribution >= 4 is 17.6 Å². The molecule has 19 heavy (non-hydrogen) atoms. The first-order chi connectivity index (χ1) is 8.83. The molecule has 3 nitrogen and oxygen atoms in total. The summed E-state index contributed by atoms with van der Waals surface area (Å²) in [6.45, 7) is 0. The zero-order valence-electron chi connectivity index (χ0n) is 9.84. The summed E-state index contributed by atoms with van der Waals surface area (Å²) in [5, 5.41) is 8.81. The number of nitrogens with zero attached hydrogens (tertiary/aromatic N) is 1. The third kappa shape index (κ3) is 3.61. The summed E-state index contributed by atoms with van der Waals surface area (Å²) in [5.74, 6) is -1.01. The number of ether oxygens (including phenoxy) is 1. The average molecular weight is 292 g/mol. The van der Waals surface area contributed by atoms with Crippen molar-refractivity contribution in [3.8, 4) is 6.07 Å². The fourth-order valence-electron chi connectivity index (χ4n) is 1.64. The van der Waals surface area contributed by atoms with Crippen LogP contribution in [0.25, 0.3) is 0 Å². The molecule has 0 fully saturated rings. The lowest BCUT2D eigenvalue weighted by atomic mass is 9.97. The number of halogens is 4. The van der Waals surface area contributed by atoms with Crippen LogP contribution in [0.3, 0.4) is 0 Å². The van der Waals surface area contributed by atoms with Gasteiger partial charge in [-0.25, -0.2) is 0 Å². The first kappa shape index (κ1) is 15.3. The minimum atomic E-state index is -4.67. The lowest BCUT2D eigenvalue weighted by Crippen LogP contribution is -2.13. The molecule has 0 amide bonds. The van der Waals surface area contributed by atoms with Gasteiger partial charge in [-0.2, -0.15) is 18.4 Å². The normalized spacial score (nSPS) is 10.9. The molecule has 1 aromatic carbocycles. The summed E-state index contributed by atoms with van der Waals surface area (Å²) in [6, 6.07) is 3.66. The van der Waals surface area contributed by atoms with Gasteiger partial charge >= 0.3 is 12.1 Å². The van der Waals surface area contributed by atoms with Gasteiger partial charge in [0.1, 0.15) is 0 Å². The molecular weight excluding hydrogens is 283 g/mol. The van der Waals surface area contributed by atoms with Crippen molar-refractivity contribution in [2.24, 2.45) is 0 Å². The summed E-state index contributed by atoms with van der Waals surface area (Å²) < 4.78 is 42.9. The zero-order valence-corrected chi connectivity index (χ0v) is 10.6. The van der Waals surface area contributed by atoms with E-state index in [1.54, 1.807) is 0 Å². The number of carbonyl (C=O) groups is 1. The number of hydrogen-bond donors (Lipinski definition) is 0. The Hall–Kier alpha value is -1.74. The molecule has 1 rings (SSSR count). The van der Waals surface area contributed by atoms with Crippen molar-refractivity contribution in [1.82, 2.24) is 0 Å². The molecule has 0 atom stereocenters. The summed E-state index contributed by atoms with van der Waals surface area (Å²) in [5.41, 5.74) is -1.58. The van der Waals surface area contributed by atoms with Crippen molar-refractivity contribution < 1.29 is 22.7 Å². The van der Waals surface area contributed by atoms with Crippen LogP contribution >= 0.6 is 11.6 Å². The topological polar surface area (TPSA) is 50.1 Å². The number of rotatable bonds is 3. The molecule has 0 aliphatic rings. The Bertz CT molecular complexity index is 535. The third-order valence-corrected chi connectivity index (χ3v) is 2.69. The highest BCUT2D eigenvalue weighted by Crippen LogP contribution is 2.36. The maximum Gasteiger partial charge on any atom is 0.417 e. The molecule has 0 N–H and O–H groups in total. The summed E-state index contributed by atoms with van der Waals surface area (Å²) in [6.07, 6.45) is -4.88. The summed E-state index contributed by atoms with van der Waals surface area (Å²) >= 11 is 5.48. The van der Waals surface area contributed by atoms with Crippen LogP contribution in [0, 0.1) is 11.3 Å². The van der Waals surface area contributed by atoms with E-state index in [4.69, 9.17) is 16.9 Å². The Balaban J connectivity index is 3.38. The highest BCUT2D eigenvalue weighted by atomic mass is 35.5. The average Bonchev–Trinajstić information content (AvgIpc) is 2.35. The molecule has 0 saturated heterocycles. The van der Waals surface area contributed by atoms with Gasteiger partial charge in [0.05, 0.1) is 30.7 Å². The smallest absolute Gasteiger partial charge is 0.417 e. The van der Waals surface area contributed by atoms with Crippen molar-refractivity contribution in [1.29, 1.82) is 5.26 Å². The number of carbonyl (C=O) groups excluding carboxylic acids is 1. The Labute approximate surface area is 112 Å². The van der Waals surface area contributed by atoms with Crippen LogP contribution < -0.4 is 0 Å². The van der Waals surface area contributed by atoms with Gasteiger partial charge in [0.2, 0.25) is 0 Å². The maximum absolute atomic E-state index is 12.8. The number of esters is 1. The van der Waals surface area contributed by atoms with E-state index in [1.807, 2.05) is 0 Å². The molecular formula is C12H9ClF3NO2. The first-order valence-corrected chi connectivity index (χ1v) is 5.62. The van der Waals surface area contributed by atoms with Gasteiger partial charge in [-0.05, 0) is 17.2 Å². The number of hydrogen-bond acceptors (Lipinski definition) is 3. The van der Waals surface area contributed by atoms with Gasteiger partial charge in [-0.3, -0.25) is 4.79 Å². The molecule has 7 heteroatoms. The maximum atomic E-state index is 12.8. The second kappa shape index (κ2) is 5.93. The Morgan fingerprint density at radius 3 is 2.53 bits per heavy atom. The van der Waals surface area contributed by atoms with E-state index in [0.717, 1.165) is 12.1 Å². The van der Waals surface area contributed by atoms with Crippen molar-refractivity contribution in [3.05, 3.63) is 34.4 Å². The van der Waals surface area contributed by atoms with E-state index in [1.165, 1.54) is 13.2 Å². The molecule has 0 aliphatic carbocycles. The minimum absolute atomic E-state index is 0.215. The van der Waals surface area contributed by atoms with Crippen LogP contribution in [0.1, 0.15) is 22.3 Å². The second-order valence-corrected chi connectivity index (χ2v) is 3.94. The Kier molecular flexibility index (Phi) is 4.78. The molecule has 1 aromatic rings. The number of methoxy groups -OCH3 is 1. The van der Waals surface area contributed by atoms with Crippen LogP contribution in [-0.2, 0) is 28.0 Å². The summed E-state index contributed by atoms with van der Waals surface area (Å²) in [7, 11) is 1.17. The van der Waals surface area contributed by atoms with Crippen LogP contribution in [0.2, 0.25) is 0 Å². The number of nitriles is 1. The standard InChI is InChI=1S/C12H9ClF3NO2/c1-19-10(18)4-7-2-8(5-13)11(12(14,15)16)9(3-7)6-17/h2-3H,4-5H2,1H3. The molecule has 0 aliphatic heterocycles. The second-order valence-electron chi connectivity index (χ2n) is 3.67. The minimum Gasteiger partial charge on any atom is -0.469 e. The van der Waals surface area contributed by atoms with Crippen LogP contribution in [0.15, 0.2) is 12.1 Å². The zero-order chi connectivity index (χ0) is 14.6. The quantitative estimate of drug-likeness (QED) is 0.635. The number of alkyl halides is 4. The molecule has 0 radical (unpaired) electrons. The monoisotopic (exact) mass is 291 g/mol. The van der Waals surface area contributed by atoms with E-state index in [9.17, 15) is 18.0 Å². The fraction of sp³-hybridized carbons (Fsp3) is 0.333. The van der Waals surface area contributed by atoms with Gasteiger partial charge in [0.25, 0.3) is 0 Å². The largest absolute Gasteiger partial charge is 0.469 e. The van der Waals surface area contributed by atoms with E-state index in [0.29, 0.717) is 0 Å². The third-order valence-electron chi connectivity index (χ3n) is 2.40. The molecule has 0 spiro atoms. The van der Waals surface area contributed by atoms with Crippen LogP contribution in [0.4, 0.5) is 13.2 Å². The van der Waals surface area contributed by atoms with Crippen LogP contribution in [0.5, 0.6) is 0 Å². The molecule has 0 bridgehead atoms. The lowest BCUT2D eigenvalue weighted by molar-refractivity contribution is -0.139. The van der Waals surface area contributed by atoms with Crippen molar-refractivity contribution in [3.63, 3.8) is 0 Å². The van der Waals surface area contributed by atoms with E-state index >= 15 is 0 Å². The molecule has 102 valence electrons. The lowest BCUT2D eigenvalue weighted by Gasteiger charge is -2.14.